The van der Waals surface area contributed by atoms with Crippen LogP contribution in [0.25, 0.3) is 0 Å². The number of nitrogens with one attached hydrogen (secondary N) is 1. The van der Waals surface area contributed by atoms with E-state index in [0.29, 0.717) is 22.1 Å². The lowest BCUT2D eigenvalue weighted by molar-refractivity contribution is -0.133. The van der Waals surface area contributed by atoms with Gasteiger partial charge in [0.05, 0.1) is 12.2 Å². The van der Waals surface area contributed by atoms with Crippen LogP contribution in [0.1, 0.15) is 5.56 Å². The monoisotopic (exact) mass is 346 g/mol. The van der Waals surface area contributed by atoms with Crippen molar-refractivity contribution in [1.82, 2.24) is 0 Å². The number of halogens is 1. The van der Waals surface area contributed by atoms with E-state index in [9.17, 15) is 14.7 Å². The number of hydrogen-bond donors (Lipinski definition) is 2. The molecule has 1 aliphatic rings. The van der Waals surface area contributed by atoms with Crippen LogP contribution in [0.3, 0.4) is 0 Å². The summed E-state index contributed by atoms with van der Waals surface area (Å²) in [7, 11) is 0. The molecule has 7 heteroatoms. The maximum Gasteiger partial charge on any atom is 0.331 e. The summed E-state index contributed by atoms with van der Waals surface area (Å²) >= 11 is 5.99. The second kappa shape index (κ2) is 6.41. The SMILES string of the molecule is Cc1cc(O)ccc1NC(=O)CN1CC(=O)Oc2ccc(Cl)cc21. The molecule has 0 bridgehead atoms. The maximum absolute atomic E-state index is 12.3. The molecule has 24 heavy (non-hydrogen) atoms. The van der Waals surface area contributed by atoms with Crippen LogP contribution in [0, 0.1) is 6.92 Å². The minimum absolute atomic E-state index is 0.0250. The largest absolute Gasteiger partial charge is 0.508 e. The van der Waals surface area contributed by atoms with Gasteiger partial charge in [0.15, 0.2) is 5.75 Å². The Hall–Kier alpha value is -2.73. The van der Waals surface area contributed by atoms with Crippen LogP contribution < -0.4 is 15.0 Å². The van der Waals surface area contributed by atoms with E-state index in [0.717, 1.165) is 5.56 Å². The highest BCUT2D eigenvalue weighted by Crippen LogP contribution is 2.34. The van der Waals surface area contributed by atoms with Crippen molar-refractivity contribution in [3.63, 3.8) is 0 Å². The highest BCUT2D eigenvalue weighted by Gasteiger charge is 2.26. The molecule has 0 atom stereocenters. The Balaban J connectivity index is 1.77. The highest BCUT2D eigenvalue weighted by atomic mass is 35.5. The van der Waals surface area contributed by atoms with Gasteiger partial charge in [-0.3, -0.25) is 4.79 Å². The van der Waals surface area contributed by atoms with Gasteiger partial charge in [-0.05, 0) is 48.9 Å². The lowest BCUT2D eigenvalue weighted by Gasteiger charge is -2.29. The van der Waals surface area contributed by atoms with Crippen molar-refractivity contribution in [2.75, 3.05) is 23.3 Å². The molecule has 0 aromatic heterocycles. The zero-order chi connectivity index (χ0) is 17.3. The Morgan fingerprint density at radius 3 is 2.88 bits per heavy atom. The Morgan fingerprint density at radius 2 is 2.12 bits per heavy atom. The van der Waals surface area contributed by atoms with E-state index in [-0.39, 0.29) is 24.7 Å². The molecule has 3 rings (SSSR count). The fraction of sp³-hybridized carbons (Fsp3) is 0.176. The van der Waals surface area contributed by atoms with Gasteiger partial charge in [-0.1, -0.05) is 11.6 Å². The summed E-state index contributed by atoms with van der Waals surface area (Å²) in [4.78, 5) is 25.6. The zero-order valence-electron chi connectivity index (χ0n) is 12.9. The molecule has 0 radical (unpaired) electrons. The van der Waals surface area contributed by atoms with Crippen molar-refractivity contribution in [2.45, 2.75) is 6.92 Å². The number of nitrogens with zero attached hydrogens (tertiary/aromatic N) is 1. The number of rotatable bonds is 3. The number of aryl methyl sites for hydroxylation is 1. The molecule has 2 N–H and O–H groups in total. The van der Waals surface area contributed by atoms with Crippen molar-refractivity contribution in [1.29, 1.82) is 0 Å². The van der Waals surface area contributed by atoms with Crippen LogP contribution >= 0.6 is 11.6 Å². The third-order valence-corrected chi connectivity index (χ3v) is 3.86. The molecule has 0 aliphatic carbocycles. The van der Waals surface area contributed by atoms with E-state index < -0.39 is 5.97 Å². The molecular formula is C17H15ClN2O4. The molecule has 0 spiro atoms. The summed E-state index contributed by atoms with van der Waals surface area (Å²) < 4.78 is 5.15. The molecule has 0 saturated heterocycles. The number of phenols is 1. The van der Waals surface area contributed by atoms with Gasteiger partial charge in [-0.25, -0.2) is 4.79 Å². The first-order valence-corrected chi connectivity index (χ1v) is 7.65. The van der Waals surface area contributed by atoms with Gasteiger partial charge >= 0.3 is 5.97 Å². The zero-order valence-corrected chi connectivity index (χ0v) is 13.6. The van der Waals surface area contributed by atoms with E-state index in [1.165, 1.54) is 6.07 Å². The number of fused-ring (bicyclic) bond motifs is 1. The van der Waals surface area contributed by atoms with Gasteiger partial charge in [0.2, 0.25) is 5.91 Å². The molecular weight excluding hydrogens is 332 g/mol. The minimum atomic E-state index is -0.432. The first kappa shape index (κ1) is 16.1. The normalized spacial score (nSPS) is 13.2. The summed E-state index contributed by atoms with van der Waals surface area (Å²) in [6, 6.07) is 9.56. The van der Waals surface area contributed by atoms with Gasteiger partial charge in [0.25, 0.3) is 0 Å². The lowest BCUT2D eigenvalue weighted by atomic mass is 10.2. The smallest absolute Gasteiger partial charge is 0.331 e. The Kier molecular flexibility index (Phi) is 4.31. The van der Waals surface area contributed by atoms with Crippen molar-refractivity contribution in [3.05, 3.63) is 47.0 Å². The molecule has 2 aromatic carbocycles. The number of ether oxygens (including phenoxy) is 1. The number of carbonyl (C=O) groups is 2. The van der Waals surface area contributed by atoms with E-state index >= 15 is 0 Å². The summed E-state index contributed by atoms with van der Waals surface area (Å²) in [6.07, 6.45) is 0. The van der Waals surface area contributed by atoms with Crippen LogP contribution in [0.2, 0.25) is 5.02 Å². The maximum atomic E-state index is 12.3. The third-order valence-electron chi connectivity index (χ3n) is 3.62. The van der Waals surface area contributed by atoms with Crippen LogP contribution in [0.15, 0.2) is 36.4 Å². The van der Waals surface area contributed by atoms with Gasteiger partial charge in [0, 0.05) is 10.7 Å². The number of benzene rings is 2. The molecule has 2 aromatic rings. The molecule has 0 unspecified atom stereocenters. The Labute approximate surface area is 143 Å². The molecule has 0 fully saturated rings. The number of phenolic OH excluding ortho intramolecular Hbond substituents is 1. The van der Waals surface area contributed by atoms with Gasteiger partial charge in [-0.15, -0.1) is 0 Å². The molecule has 1 amide bonds. The number of anilines is 2. The van der Waals surface area contributed by atoms with E-state index in [1.807, 2.05) is 0 Å². The number of aromatic hydroxyl groups is 1. The second-order valence-electron chi connectivity index (χ2n) is 5.49. The average Bonchev–Trinajstić information content (AvgIpc) is 2.51. The van der Waals surface area contributed by atoms with Gasteiger partial charge in [-0.2, -0.15) is 0 Å². The molecule has 6 nitrogen and oxygen atoms in total. The van der Waals surface area contributed by atoms with E-state index in [1.54, 1.807) is 42.2 Å². The number of esters is 1. The van der Waals surface area contributed by atoms with Crippen molar-refractivity contribution in [3.8, 4) is 11.5 Å². The predicted octanol–water partition coefficient (Wildman–Crippen LogP) is 2.72. The van der Waals surface area contributed by atoms with Gasteiger partial charge in [0.1, 0.15) is 12.3 Å². The Morgan fingerprint density at radius 1 is 1.33 bits per heavy atom. The van der Waals surface area contributed by atoms with Crippen molar-refractivity contribution in [2.24, 2.45) is 0 Å². The van der Waals surface area contributed by atoms with Crippen LogP contribution in [-0.2, 0) is 9.59 Å². The number of amides is 1. The number of hydrogen-bond acceptors (Lipinski definition) is 5. The fourth-order valence-electron chi connectivity index (χ4n) is 2.51. The third kappa shape index (κ3) is 3.44. The van der Waals surface area contributed by atoms with Gasteiger partial charge < -0.3 is 20.1 Å². The minimum Gasteiger partial charge on any atom is -0.508 e. The summed E-state index contributed by atoms with van der Waals surface area (Å²) in [5, 5.41) is 12.7. The molecule has 0 saturated carbocycles. The standard InChI is InChI=1S/C17H15ClN2O4/c1-10-6-12(21)3-4-13(10)19-16(22)8-20-9-17(23)24-15-5-2-11(18)7-14(15)20/h2-7,21H,8-9H2,1H3,(H,19,22). The molecule has 1 aliphatic heterocycles. The summed E-state index contributed by atoms with van der Waals surface area (Å²) in [5.74, 6) is -0.208. The summed E-state index contributed by atoms with van der Waals surface area (Å²) in [5.41, 5.74) is 1.94. The molecule has 1 heterocycles. The predicted molar refractivity (Wildman–Crippen MR) is 90.8 cm³/mol. The first-order valence-electron chi connectivity index (χ1n) is 7.27. The lowest BCUT2D eigenvalue weighted by Crippen LogP contribution is -2.41. The Bertz CT molecular complexity index is 822. The van der Waals surface area contributed by atoms with E-state index in [4.69, 9.17) is 16.3 Å². The fourth-order valence-corrected chi connectivity index (χ4v) is 2.68. The number of carbonyl (C=O) groups excluding carboxylic acids is 2. The highest BCUT2D eigenvalue weighted by molar-refractivity contribution is 6.31. The van der Waals surface area contributed by atoms with Crippen LogP contribution in [0.5, 0.6) is 11.5 Å². The van der Waals surface area contributed by atoms with Crippen molar-refractivity contribution >= 4 is 34.9 Å². The van der Waals surface area contributed by atoms with E-state index in [2.05, 4.69) is 5.32 Å². The topological polar surface area (TPSA) is 78.9 Å². The van der Waals surface area contributed by atoms with Crippen LogP contribution in [0.4, 0.5) is 11.4 Å². The van der Waals surface area contributed by atoms with Crippen molar-refractivity contribution < 1.29 is 19.4 Å². The average molecular weight is 347 g/mol. The second-order valence-corrected chi connectivity index (χ2v) is 5.93. The quantitative estimate of drug-likeness (QED) is 0.507. The first-order chi connectivity index (χ1) is 11.4. The molecule has 124 valence electrons. The van der Waals surface area contributed by atoms with Crippen LogP contribution in [-0.4, -0.2) is 30.1 Å². The summed E-state index contributed by atoms with van der Waals surface area (Å²) in [6.45, 7) is 1.72.